The van der Waals surface area contributed by atoms with Gasteiger partial charge in [0.1, 0.15) is 0 Å². The number of carbonyl (C=O) groups is 1. The van der Waals surface area contributed by atoms with Gasteiger partial charge >= 0.3 is 0 Å². The maximum Gasteiger partial charge on any atom is 0.221 e. The first-order valence-electron chi connectivity index (χ1n) is 7.56. The second-order valence-corrected chi connectivity index (χ2v) is 5.12. The second-order valence-electron chi connectivity index (χ2n) is 5.12. The normalized spacial score (nSPS) is 17.3. The van der Waals surface area contributed by atoms with Crippen molar-refractivity contribution in [3.05, 3.63) is 0 Å². The monoisotopic (exact) mass is 287 g/mol. The molecule has 0 spiro atoms. The summed E-state index contributed by atoms with van der Waals surface area (Å²) in [6.45, 7) is 3.23. The molecule has 0 radical (unpaired) electrons. The summed E-state index contributed by atoms with van der Waals surface area (Å²) in [6, 6.07) is 0. The molecule has 0 saturated heterocycles. The SMILES string of the molecule is CNCCOC1(OCCNC(=O)CCNC)CCCC1. The van der Waals surface area contributed by atoms with Gasteiger partial charge in [-0.1, -0.05) is 0 Å². The molecule has 6 nitrogen and oxygen atoms in total. The molecule has 0 aromatic carbocycles. The summed E-state index contributed by atoms with van der Waals surface area (Å²) in [5.74, 6) is -0.369. The van der Waals surface area contributed by atoms with Crippen molar-refractivity contribution in [2.24, 2.45) is 0 Å². The Balaban J connectivity index is 2.17. The van der Waals surface area contributed by atoms with E-state index in [0.29, 0.717) is 32.7 Å². The minimum Gasteiger partial charge on any atom is -0.354 e. The van der Waals surface area contributed by atoms with E-state index in [4.69, 9.17) is 9.47 Å². The zero-order chi connectivity index (χ0) is 14.7. The summed E-state index contributed by atoms with van der Waals surface area (Å²) in [5, 5.41) is 8.87. The molecule has 1 rings (SSSR count). The number of amides is 1. The number of hydrogen-bond donors (Lipinski definition) is 3. The third-order valence-corrected chi connectivity index (χ3v) is 3.47. The molecule has 0 atom stereocenters. The number of hydrogen-bond acceptors (Lipinski definition) is 5. The van der Waals surface area contributed by atoms with Crippen LogP contribution in [-0.4, -0.2) is 58.6 Å². The van der Waals surface area contributed by atoms with E-state index in [1.807, 2.05) is 14.1 Å². The highest BCUT2D eigenvalue weighted by Crippen LogP contribution is 2.34. The molecule has 0 aromatic heterocycles. The fourth-order valence-corrected chi connectivity index (χ4v) is 2.34. The Bertz CT molecular complexity index is 268. The van der Waals surface area contributed by atoms with E-state index < -0.39 is 5.79 Å². The quantitative estimate of drug-likeness (QED) is 0.375. The summed E-state index contributed by atoms with van der Waals surface area (Å²) in [4.78, 5) is 11.4. The molecular formula is C14H29N3O3. The first-order chi connectivity index (χ1) is 9.72. The molecule has 0 heterocycles. The molecule has 3 N–H and O–H groups in total. The fraction of sp³-hybridized carbons (Fsp3) is 0.929. The molecule has 6 heteroatoms. The van der Waals surface area contributed by atoms with Gasteiger partial charge in [-0.3, -0.25) is 4.79 Å². The maximum atomic E-state index is 11.4. The average Bonchev–Trinajstić information content (AvgIpc) is 2.91. The van der Waals surface area contributed by atoms with Gasteiger partial charge in [-0.05, 0) is 26.9 Å². The van der Waals surface area contributed by atoms with Gasteiger partial charge in [-0.15, -0.1) is 0 Å². The molecule has 0 bridgehead atoms. The fourth-order valence-electron chi connectivity index (χ4n) is 2.34. The number of ether oxygens (including phenoxy) is 2. The van der Waals surface area contributed by atoms with Gasteiger partial charge in [0.2, 0.25) is 5.91 Å². The van der Waals surface area contributed by atoms with Crippen LogP contribution in [0, 0.1) is 0 Å². The van der Waals surface area contributed by atoms with Gasteiger partial charge in [-0.2, -0.15) is 0 Å². The Morgan fingerprint density at radius 3 is 2.20 bits per heavy atom. The highest BCUT2D eigenvalue weighted by molar-refractivity contribution is 5.75. The van der Waals surface area contributed by atoms with Crippen LogP contribution in [0.3, 0.4) is 0 Å². The van der Waals surface area contributed by atoms with E-state index in [0.717, 1.165) is 32.2 Å². The molecule has 1 aliphatic carbocycles. The van der Waals surface area contributed by atoms with Crippen molar-refractivity contribution in [2.45, 2.75) is 37.9 Å². The predicted octanol–water partition coefficient (Wildman–Crippen LogP) is 0.235. The summed E-state index contributed by atoms with van der Waals surface area (Å²) < 4.78 is 11.8. The van der Waals surface area contributed by atoms with E-state index in [1.165, 1.54) is 0 Å². The molecule has 1 saturated carbocycles. The van der Waals surface area contributed by atoms with Crippen LogP contribution in [0.15, 0.2) is 0 Å². The summed E-state index contributed by atoms with van der Waals surface area (Å²) >= 11 is 0. The minimum absolute atomic E-state index is 0.0551. The summed E-state index contributed by atoms with van der Waals surface area (Å²) in [6.07, 6.45) is 4.69. The summed E-state index contributed by atoms with van der Waals surface area (Å²) in [7, 11) is 3.75. The molecule has 1 aliphatic rings. The predicted molar refractivity (Wildman–Crippen MR) is 78.6 cm³/mol. The Hall–Kier alpha value is -0.690. The van der Waals surface area contributed by atoms with E-state index >= 15 is 0 Å². The van der Waals surface area contributed by atoms with Crippen molar-refractivity contribution < 1.29 is 14.3 Å². The Labute approximate surface area is 122 Å². The lowest BCUT2D eigenvalue weighted by molar-refractivity contribution is -0.230. The van der Waals surface area contributed by atoms with Crippen molar-refractivity contribution in [1.82, 2.24) is 16.0 Å². The molecule has 0 aliphatic heterocycles. The first-order valence-corrected chi connectivity index (χ1v) is 7.56. The lowest BCUT2D eigenvalue weighted by atomic mass is 10.2. The second kappa shape index (κ2) is 10.1. The molecule has 118 valence electrons. The van der Waals surface area contributed by atoms with Crippen LogP contribution in [0.25, 0.3) is 0 Å². The molecule has 0 unspecified atom stereocenters. The van der Waals surface area contributed by atoms with Gasteiger partial charge in [-0.25, -0.2) is 0 Å². The lowest BCUT2D eigenvalue weighted by Crippen LogP contribution is -2.38. The van der Waals surface area contributed by atoms with Crippen molar-refractivity contribution in [2.75, 3.05) is 46.9 Å². The highest BCUT2D eigenvalue weighted by atomic mass is 16.7. The van der Waals surface area contributed by atoms with Crippen LogP contribution >= 0.6 is 0 Å². The molecule has 1 fully saturated rings. The topological polar surface area (TPSA) is 71.6 Å². The summed E-state index contributed by atoms with van der Waals surface area (Å²) in [5.41, 5.74) is 0. The van der Waals surface area contributed by atoms with Crippen LogP contribution in [0.4, 0.5) is 0 Å². The Morgan fingerprint density at radius 1 is 1.00 bits per heavy atom. The average molecular weight is 287 g/mol. The smallest absolute Gasteiger partial charge is 0.221 e. The Kier molecular flexibility index (Phi) is 8.77. The van der Waals surface area contributed by atoms with Crippen molar-refractivity contribution in [1.29, 1.82) is 0 Å². The molecular weight excluding hydrogens is 258 g/mol. The zero-order valence-corrected chi connectivity index (χ0v) is 12.8. The molecule has 20 heavy (non-hydrogen) atoms. The standard InChI is InChI=1S/C14H29N3O3/c1-15-8-5-13(18)17-10-12-20-14(6-3-4-7-14)19-11-9-16-2/h15-16H,3-12H2,1-2H3,(H,17,18). The molecule has 0 aromatic rings. The number of nitrogens with one attached hydrogen (secondary N) is 3. The van der Waals surface area contributed by atoms with Gasteiger partial charge < -0.3 is 25.4 Å². The van der Waals surface area contributed by atoms with Gasteiger partial charge in [0.05, 0.1) is 13.2 Å². The zero-order valence-electron chi connectivity index (χ0n) is 12.8. The van der Waals surface area contributed by atoms with Gasteiger partial charge in [0.15, 0.2) is 5.79 Å². The van der Waals surface area contributed by atoms with Gasteiger partial charge in [0.25, 0.3) is 0 Å². The maximum absolute atomic E-state index is 11.4. The largest absolute Gasteiger partial charge is 0.354 e. The number of carbonyl (C=O) groups excluding carboxylic acids is 1. The number of rotatable bonds is 11. The van der Waals surface area contributed by atoms with Crippen molar-refractivity contribution >= 4 is 5.91 Å². The van der Waals surface area contributed by atoms with Crippen molar-refractivity contribution in [3.8, 4) is 0 Å². The highest BCUT2D eigenvalue weighted by Gasteiger charge is 2.35. The van der Waals surface area contributed by atoms with Crippen LogP contribution in [0.1, 0.15) is 32.1 Å². The van der Waals surface area contributed by atoms with Crippen LogP contribution < -0.4 is 16.0 Å². The minimum atomic E-state index is -0.424. The van der Waals surface area contributed by atoms with E-state index in [1.54, 1.807) is 0 Å². The van der Waals surface area contributed by atoms with E-state index in [-0.39, 0.29) is 5.91 Å². The van der Waals surface area contributed by atoms with Crippen LogP contribution in [-0.2, 0) is 14.3 Å². The number of likely N-dealkylation sites (N-methyl/N-ethyl adjacent to an activating group) is 1. The van der Waals surface area contributed by atoms with Crippen LogP contribution in [0.2, 0.25) is 0 Å². The van der Waals surface area contributed by atoms with E-state index in [9.17, 15) is 4.79 Å². The Morgan fingerprint density at radius 2 is 1.60 bits per heavy atom. The third-order valence-electron chi connectivity index (χ3n) is 3.47. The van der Waals surface area contributed by atoms with Crippen molar-refractivity contribution in [3.63, 3.8) is 0 Å². The third kappa shape index (κ3) is 6.65. The lowest BCUT2D eigenvalue weighted by Gasteiger charge is -2.29. The molecule has 1 amide bonds. The first kappa shape index (κ1) is 17.4. The van der Waals surface area contributed by atoms with Crippen LogP contribution in [0.5, 0.6) is 0 Å². The van der Waals surface area contributed by atoms with E-state index in [2.05, 4.69) is 16.0 Å². The van der Waals surface area contributed by atoms with Gasteiger partial charge in [0, 0.05) is 38.9 Å².